The maximum absolute atomic E-state index is 13.4. The zero-order valence-electron chi connectivity index (χ0n) is 15.6. The maximum atomic E-state index is 13.4. The van der Waals surface area contributed by atoms with Crippen molar-refractivity contribution in [2.75, 3.05) is 19.7 Å². The maximum Gasteiger partial charge on any atom is 0.258 e. The Labute approximate surface area is 172 Å². The lowest BCUT2D eigenvalue weighted by Gasteiger charge is -2.20. The Balaban J connectivity index is 1.56. The topological polar surface area (TPSA) is 51.7 Å². The van der Waals surface area contributed by atoms with Crippen LogP contribution in [0.3, 0.4) is 0 Å². The minimum absolute atomic E-state index is 0.0184. The molecule has 0 radical (unpaired) electrons. The van der Waals surface area contributed by atoms with Crippen molar-refractivity contribution in [3.05, 3.63) is 64.8 Å². The van der Waals surface area contributed by atoms with Gasteiger partial charge in [-0.15, -0.1) is 0 Å². The van der Waals surface area contributed by atoms with Crippen LogP contribution in [0.15, 0.2) is 59.2 Å². The van der Waals surface area contributed by atoms with E-state index in [1.54, 1.807) is 6.20 Å². The van der Waals surface area contributed by atoms with Gasteiger partial charge in [-0.1, -0.05) is 30.3 Å². The Hall–Kier alpha value is -2.60. The molecule has 2 heterocycles. The van der Waals surface area contributed by atoms with Crippen LogP contribution in [-0.4, -0.2) is 41.6 Å². The van der Waals surface area contributed by atoms with Crippen molar-refractivity contribution in [3.8, 4) is 11.6 Å². The van der Waals surface area contributed by atoms with Gasteiger partial charge in [0, 0.05) is 29.7 Å². The smallest absolute Gasteiger partial charge is 0.258 e. The van der Waals surface area contributed by atoms with Gasteiger partial charge in [-0.05, 0) is 45.8 Å². The van der Waals surface area contributed by atoms with Crippen molar-refractivity contribution >= 4 is 32.6 Å². The molecule has 0 bridgehead atoms. The number of carbonyl (C=O) groups excluding carboxylic acids is 1. The predicted octanol–water partition coefficient (Wildman–Crippen LogP) is 4.69. The van der Waals surface area contributed by atoms with Gasteiger partial charge in [0.1, 0.15) is 11.9 Å². The third kappa shape index (κ3) is 3.83. The van der Waals surface area contributed by atoms with Gasteiger partial charge in [-0.2, -0.15) is 0 Å². The number of pyridine rings is 1. The third-order valence-corrected chi connectivity index (χ3v) is 5.29. The molecule has 5 nitrogen and oxygen atoms in total. The second-order valence-corrected chi connectivity index (χ2v) is 7.60. The number of aromatic nitrogens is 1. The first-order chi connectivity index (χ1) is 13.7. The largest absolute Gasteiger partial charge is 0.493 e. The fraction of sp³-hybridized carbons (Fsp3) is 0.273. The lowest BCUT2D eigenvalue weighted by Crippen LogP contribution is -2.31. The second-order valence-electron chi connectivity index (χ2n) is 6.69. The van der Waals surface area contributed by atoms with E-state index < -0.39 is 0 Å². The summed E-state index contributed by atoms with van der Waals surface area (Å²) in [5.74, 6) is 1.18. The Morgan fingerprint density at radius 3 is 2.86 bits per heavy atom. The standard InChI is InChI=1S/C22H21BrN2O3/c1-2-27-19-9-7-15-5-3-4-6-18(15)21(19)22(26)25-12-11-17(14-25)28-20-10-8-16(23)13-24-20/h3-10,13,17H,2,11-12,14H2,1H3. The zero-order chi connectivity index (χ0) is 19.5. The van der Waals surface area contributed by atoms with E-state index in [0.29, 0.717) is 36.9 Å². The quantitative estimate of drug-likeness (QED) is 0.577. The van der Waals surface area contributed by atoms with Crippen molar-refractivity contribution < 1.29 is 14.3 Å². The van der Waals surface area contributed by atoms with E-state index in [4.69, 9.17) is 9.47 Å². The van der Waals surface area contributed by atoms with E-state index in [-0.39, 0.29) is 12.0 Å². The van der Waals surface area contributed by atoms with Gasteiger partial charge in [0.05, 0.1) is 18.7 Å². The summed E-state index contributed by atoms with van der Waals surface area (Å²) in [6.07, 6.45) is 2.42. The van der Waals surface area contributed by atoms with Crippen LogP contribution in [0.25, 0.3) is 10.8 Å². The number of rotatable bonds is 5. The predicted molar refractivity (Wildman–Crippen MR) is 112 cm³/mol. The molecule has 3 aromatic rings. The molecule has 6 heteroatoms. The number of amides is 1. The summed E-state index contributed by atoms with van der Waals surface area (Å²) in [6, 6.07) is 15.5. The molecule has 0 aliphatic carbocycles. The number of nitrogens with zero attached hydrogens (tertiary/aromatic N) is 2. The normalized spacial score (nSPS) is 16.4. The number of hydrogen-bond acceptors (Lipinski definition) is 4. The molecule has 4 rings (SSSR count). The summed E-state index contributed by atoms with van der Waals surface area (Å²) < 4.78 is 12.6. The SMILES string of the molecule is CCOc1ccc2ccccc2c1C(=O)N1CCC(Oc2ccc(Br)cn2)C1. The fourth-order valence-electron chi connectivity index (χ4n) is 3.52. The van der Waals surface area contributed by atoms with Crippen molar-refractivity contribution in [3.63, 3.8) is 0 Å². The molecule has 1 aromatic heterocycles. The molecule has 1 fully saturated rings. The molecule has 28 heavy (non-hydrogen) atoms. The average molecular weight is 441 g/mol. The average Bonchev–Trinajstić information content (AvgIpc) is 3.18. The minimum Gasteiger partial charge on any atom is -0.493 e. The number of halogens is 1. The van der Waals surface area contributed by atoms with Crippen LogP contribution >= 0.6 is 15.9 Å². The molecule has 1 atom stereocenters. The van der Waals surface area contributed by atoms with Crippen LogP contribution in [0.4, 0.5) is 0 Å². The summed E-state index contributed by atoms with van der Waals surface area (Å²) in [6.45, 7) is 3.62. The van der Waals surface area contributed by atoms with Gasteiger partial charge < -0.3 is 14.4 Å². The zero-order valence-corrected chi connectivity index (χ0v) is 17.2. The Morgan fingerprint density at radius 1 is 1.21 bits per heavy atom. The molecular weight excluding hydrogens is 420 g/mol. The van der Waals surface area contributed by atoms with Gasteiger partial charge in [0.25, 0.3) is 5.91 Å². The van der Waals surface area contributed by atoms with Crippen LogP contribution in [0.5, 0.6) is 11.6 Å². The second kappa shape index (κ2) is 8.19. The van der Waals surface area contributed by atoms with E-state index >= 15 is 0 Å². The lowest BCUT2D eigenvalue weighted by molar-refractivity contribution is 0.0769. The first-order valence-corrected chi connectivity index (χ1v) is 10.2. The molecule has 0 spiro atoms. The molecular formula is C22H21BrN2O3. The summed E-state index contributed by atoms with van der Waals surface area (Å²) in [5.41, 5.74) is 0.627. The highest BCUT2D eigenvalue weighted by Gasteiger charge is 2.31. The van der Waals surface area contributed by atoms with E-state index in [9.17, 15) is 4.79 Å². The van der Waals surface area contributed by atoms with Gasteiger partial charge in [0.2, 0.25) is 5.88 Å². The summed E-state index contributed by atoms with van der Waals surface area (Å²) in [4.78, 5) is 19.5. The Bertz CT molecular complexity index is 991. The van der Waals surface area contributed by atoms with Crippen molar-refractivity contribution in [1.29, 1.82) is 0 Å². The number of carbonyl (C=O) groups is 1. The van der Waals surface area contributed by atoms with Crippen LogP contribution in [0, 0.1) is 0 Å². The first kappa shape index (κ1) is 18.7. The van der Waals surface area contributed by atoms with Crippen molar-refractivity contribution in [2.24, 2.45) is 0 Å². The molecule has 1 aliphatic rings. The fourth-order valence-corrected chi connectivity index (χ4v) is 3.75. The summed E-state index contributed by atoms with van der Waals surface area (Å²) in [7, 11) is 0. The molecule has 0 saturated carbocycles. The van der Waals surface area contributed by atoms with Crippen molar-refractivity contribution in [2.45, 2.75) is 19.4 Å². The van der Waals surface area contributed by atoms with Crippen LogP contribution < -0.4 is 9.47 Å². The Morgan fingerprint density at radius 2 is 2.07 bits per heavy atom. The molecule has 0 N–H and O–H groups in total. The molecule has 1 aliphatic heterocycles. The molecule has 1 unspecified atom stereocenters. The number of likely N-dealkylation sites (tertiary alicyclic amines) is 1. The monoisotopic (exact) mass is 440 g/mol. The Kier molecular flexibility index (Phi) is 5.48. The van der Waals surface area contributed by atoms with Gasteiger partial charge in [-0.25, -0.2) is 4.98 Å². The summed E-state index contributed by atoms with van der Waals surface area (Å²) in [5, 5.41) is 1.94. The molecule has 1 amide bonds. The molecule has 2 aromatic carbocycles. The highest BCUT2D eigenvalue weighted by Crippen LogP contribution is 2.31. The lowest BCUT2D eigenvalue weighted by atomic mass is 10.0. The van der Waals surface area contributed by atoms with E-state index in [1.165, 1.54) is 0 Å². The van der Waals surface area contributed by atoms with Crippen LogP contribution in [-0.2, 0) is 0 Å². The van der Waals surface area contributed by atoms with Gasteiger partial charge >= 0.3 is 0 Å². The molecule has 144 valence electrons. The summed E-state index contributed by atoms with van der Waals surface area (Å²) >= 11 is 3.37. The number of ether oxygens (including phenoxy) is 2. The van der Waals surface area contributed by atoms with Crippen molar-refractivity contribution in [1.82, 2.24) is 9.88 Å². The van der Waals surface area contributed by atoms with Gasteiger partial charge in [0.15, 0.2) is 0 Å². The third-order valence-electron chi connectivity index (χ3n) is 4.82. The van der Waals surface area contributed by atoms with E-state index in [2.05, 4.69) is 20.9 Å². The first-order valence-electron chi connectivity index (χ1n) is 9.37. The number of hydrogen-bond donors (Lipinski definition) is 0. The minimum atomic E-state index is -0.0665. The molecule has 1 saturated heterocycles. The van der Waals surface area contributed by atoms with Crippen LogP contribution in [0.2, 0.25) is 0 Å². The van der Waals surface area contributed by atoms with Crippen LogP contribution in [0.1, 0.15) is 23.7 Å². The number of benzene rings is 2. The van der Waals surface area contributed by atoms with E-state index in [0.717, 1.165) is 21.7 Å². The van der Waals surface area contributed by atoms with E-state index in [1.807, 2.05) is 60.4 Å². The highest BCUT2D eigenvalue weighted by molar-refractivity contribution is 9.10. The van der Waals surface area contributed by atoms with Gasteiger partial charge in [-0.3, -0.25) is 4.79 Å². The number of fused-ring (bicyclic) bond motifs is 1. The highest BCUT2D eigenvalue weighted by atomic mass is 79.9.